The molecular formula is C15H16ClN3O2. The second-order valence-electron chi connectivity index (χ2n) is 4.97. The highest BCUT2D eigenvalue weighted by Gasteiger charge is 2.14. The third kappa shape index (κ3) is 3.69. The Morgan fingerprint density at radius 1 is 1.29 bits per heavy atom. The molecule has 0 aliphatic carbocycles. The van der Waals surface area contributed by atoms with Crippen molar-refractivity contribution in [3.05, 3.63) is 35.4 Å². The lowest BCUT2D eigenvalue weighted by Crippen LogP contribution is -2.41. The van der Waals surface area contributed by atoms with Crippen molar-refractivity contribution in [1.29, 1.82) is 0 Å². The summed E-state index contributed by atoms with van der Waals surface area (Å²) in [6.45, 7) is 3.29. The average molecular weight is 306 g/mol. The van der Waals surface area contributed by atoms with E-state index in [2.05, 4.69) is 15.2 Å². The summed E-state index contributed by atoms with van der Waals surface area (Å²) in [6, 6.07) is 9.23. The van der Waals surface area contributed by atoms with E-state index in [0.29, 0.717) is 30.6 Å². The van der Waals surface area contributed by atoms with Gasteiger partial charge in [-0.3, -0.25) is 9.69 Å². The van der Waals surface area contributed by atoms with E-state index in [4.69, 9.17) is 16.3 Å². The molecule has 6 heteroatoms. The maximum Gasteiger partial charge on any atom is 0.239 e. The normalized spacial score (nSPS) is 16.0. The van der Waals surface area contributed by atoms with Crippen LogP contribution in [-0.2, 0) is 9.53 Å². The summed E-state index contributed by atoms with van der Waals surface area (Å²) in [5, 5.41) is 4.45. The fourth-order valence-corrected chi connectivity index (χ4v) is 2.47. The number of aromatic nitrogens is 1. The van der Waals surface area contributed by atoms with Crippen molar-refractivity contribution in [2.45, 2.75) is 0 Å². The molecule has 3 rings (SSSR count). The zero-order valence-corrected chi connectivity index (χ0v) is 12.3. The number of carbonyl (C=O) groups excluding carboxylic acids is 1. The van der Waals surface area contributed by atoms with Crippen molar-refractivity contribution in [1.82, 2.24) is 9.88 Å². The fraction of sp³-hybridized carbons (Fsp3) is 0.333. The zero-order chi connectivity index (χ0) is 14.7. The van der Waals surface area contributed by atoms with Crippen LogP contribution in [0.1, 0.15) is 0 Å². The van der Waals surface area contributed by atoms with Crippen LogP contribution in [0.15, 0.2) is 30.3 Å². The quantitative estimate of drug-likeness (QED) is 0.944. The Bertz CT molecular complexity index is 656. The van der Waals surface area contributed by atoms with Crippen LogP contribution in [-0.4, -0.2) is 48.6 Å². The molecule has 110 valence electrons. The molecule has 1 aromatic carbocycles. The molecule has 0 atom stereocenters. The number of hydrogen-bond donors (Lipinski definition) is 1. The molecular weight excluding hydrogens is 290 g/mol. The highest BCUT2D eigenvalue weighted by molar-refractivity contribution is 6.31. The van der Waals surface area contributed by atoms with E-state index in [1.807, 2.05) is 18.2 Å². The Morgan fingerprint density at radius 3 is 2.86 bits per heavy atom. The molecule has 1 aromatic heterocycles. The van der Waals surface area contributed by atoms with E-state index in [9.17, 15) is 4.79 Å². The van der Waals surface area contributed by atoms with Crippen molar-refractivity contribution in [3.63, 3.8) is 0 Å². The minimum Gasteiger partial charge on any atom is -0.379 e. The van der Waals surface area contributed by atoms with Crippen LogP contribution in [0.3, 0.4) is 0 Å². The van der Waals surface area contributed by atoms with Crippen molar-refractivity contribution in [2.24, 2.45) is 0 Å². The summed E-state index contributed by atoms with van der Waals surface area (Å²) in [5.74, 6) is 0.480. The predicted molar refractivity (Wildman–Crippen MR) is 82.6 cm³/mol. The fourth-order valence-electron chi connectivity index (χ4n) is 2.30. The SMILES string of the molecule is O=C(CN1CCOCC1)Nc1ccc2ccc(Cl)cc2n1. The van der Waals surface area contributed by atoms with Crippen LogP contribution in [0.2, 0.25) is 5.02 Å². The average Bonchev–Trinajstić information content (AvgIpc) is 2.47. The summed E-state index contributed by atoms with van der Waals surface area (Å²) < 4.78 is 5.26. The smallest absolute Gasteiger partial charge is 0.239 e. The Morgan fingerprint density at radius 2 is 2.05 bits per heavy atom. The lowest BCUT2D eigenvalue weighted by molar-refractivity contribution is -0.118. The number of morpholine rings is 1. The van der Waals surface area contributed by atoms with Crippen molar-refractivity contribution in [3.8, 4) is 0 Å². The van der Waals surface area contributed by atoms with Gasteiger partial charge in [0, 0.05) is 23.5 Å². The van der Waals surface area contributed by atoms with E-state index in [0.717, 1.165) is 24.0 Å². The number of ether oxygens (including phenoxy) is 1. The molecule has 5 nitrogen and oxygen atoms in total. The molecule has 1 saturated heterocycles. The summed E-state index contributed by atoms with van der Waals surface area (Å²) in [4.78, 5) is 18.5. The first-order valence-electron chi connectivity index (χ1n) is 6.87. The monoisotopic (exact) mass is 305 g/mol. The van der Waals surface area contributed by atoms with Crippen molar-refractivity contribution in [2.75, 3.05) is 38.2 Å². The van der Waals surface area contributed by atoms with Gasteiger partial charge in [0.25, 0.3) is 0 Å². The van der Waals surface area contributed by atoms with E-state index >= 15 is 0 Å². The lowest BCUT2D eigenvalue weighted by Gasteiger charge is -2.25. The number of benzene rings is 1. The summed E-state index contributed by atoms with van der Waals surface area (Å²) in [7, 11) is 0. The van der Waals surface area contributed by atoms with Crippen LogP contribution >= 0.6 is 11.6 Å². The number of rotatable bonds is 3. The number of nitrogens with one attached hydrogen (secondary N) is 1. The molecule has 21 heavy (non-hydrogen) atoms. The minimum absolute atomic E-state index is 0.0641. The highest BCUT2D eigenvalue weighted by atomic mass is 35.5. The molecule has 1 fully saturated rings. The van der Waals surface area contributed by atoms with Gasteiger partial charge >= 0.3 is 0 Å². The second kappa shape index (κ2) is 6.39. The molecule has 0 unspecified atom stereocenters. The van der Waals surface area contributed by atoms with Gasteiger partial charge in [0.05, 0.1) is 25.3 Å². The van der Waals surface area contributed by atoms with Gasteiger partial charge in [-0.05, 0) is 24.3 Å². The van der Waals surface area contributed by atoms with Gasteiger partial charge in [-0.25, -0.2) is 4.98 Å². The maximum absolute atomic E-state index is 12.0. The van der Waals surface area contributed by atoms with E-state index in [1.165, 1.54) is 0 Å². The number of nitrogens with zero attached hydrogens (tertiary/aromatic N) is 2. The van der Waals surface area contributed by atoms with Gasteiger partial charge < -0.3 is 10.1 Å². The number of hydrogen-bond acceptors (Lipinski definition) is 4. The van der Waals surface area contributed by atoms with Crippen LogP contribution < -0.4 is 5.32 Å². The Labute approximate surface area is 127 Å². The largest absolute Gasteiger partial charge is 0.379 e. The predicted octanol–water partition coefficient (Wildman–Crippen LogP) is 2.16. The lowest BCUT2D eigenvalue weighted by atomic mass is 10.2. The molecule has 0 spiro atoms. The number of pyridine rings is 1. The van der Waals surface area contributed by atoms with E-state index < -0.39 is 0 Å². The number of halogens is 1. The number of fused-ring (bicyclic) bond motifs is 1. The molecule has 1 N–H and O–H groups in total. The van der Waals surface area contributed by atoms with Gasteiger partial charge in [0.1, 0.15) is 5.82 Å². The van der Waals surface area contributed by atoms with Gasteiger partial charge in [-0.1, -0.05) is 17.7 Å². The van der Waals surface area contributed by atoms with Gasteiger partial charge in [-0.2, -0.15) is 0 Å². The molecule has 1 aliphatic heterocycles. The topological polar surface area (TPSA) is 54.5 Å². The molecule has 2 aromatic rings. The van der Waals surface area contributed by atoms with Gasteiger partial charge in [-0.15, -0.1) is 0 Å². The van der Waals surface area contributed by atoms with E-state index in [-0.39, 0.29) is 5.91 Å². The Kier molecular flexibility index (Phi) is 4.34. The molecule has 0 saturated carbocycles. The third-order valence-electron chi connectivity index (χ3n) is 3.39. The first-order chi connectivity index (χ1) is 10.2. The van der Waals surface area contributed by atoms with E-state index in [1.54, 1.807) is 12.1 Å². The highest BCUT2D eigenvalue weighted by Crippen LogP contribution is 2.19. The van der Waals surface area contributed by atoms with Crippen molar-refractivity contribution >= 4 is 34.2 Å². The second-order valence-corrected chi connectivity index (χ2v) is 5.41. The zero-order valence-electron chi connectivity index (χ0n) is 11.5. The van der Waals surface area contributed by atoms with Crippen LogP contribution in [0.4, 0.5) is 5.82 Å². The van der Waals surface area contributed by atoms with Crippen LogP contribution in [0.25, 0.3) is 10.9 Å². The van der Waals surface area contributed by atoms with Gasteiger partial charge in [0.2, 0.25) is 5.91 Å². The third-order valence-corrected chi connectivity index (χ3v) is 3.63. The maximum atomic E-state index is 12.0. The Balaban J connectivity index is 1.67. The summed E-state index contributed by atoms with van der Waals surface area (Å²) in [6.07, 6.45) is 0. The van der Waals surface area contributed by atoms with Gasteiger partial charge in [0.15, 0.2) is 0 Å². The molecule has 0 radical (unpaired) electrons. The number of carbonyl (C=O) groups is 1. The number of amides is 1. The molecule has 1 amide bonds. The number of anilines is 1. The Hall–Kier alpha value is -1.69. The van der Waals surface area contributed by atoms with Crippen LogP contribution in [0, 0.1) is 0 Å². The minimum atomic E-state index is -0.0641. The standard InChI is InChI=1S/C15H16ClN3O2/c16-12-3-1-11-2-4-14(17-13(11)9-12)18-15(20)10-19-5-7-21-8-6-19/h1-4,9H,5-8,10H2,(H,17,18,20). The van der Waals surface area contributed by atoms with Crippen LogP contribution in [0.5, 0.6) is 0 Å². The first-order valence-corrected chi connectivity index (χ1v) is 7.25. The molecule has 2 heterocycles. The molecule has 1 aliphatic rings. The first kappa shape index (κ1) is 14.3. The summed E-state index contributed by atoms with van der Waals surface area (Å²) in [5.41, 5.74) is 0.770. The summed E-state index contributed by atoms with van der Waals surface area (Å²) >= 11 is 5.96. The van der Waals surface area contributed by atoms with Crippen molar-refractivity contribution < 1.29 is 9.53 Å². The molecule has 0 bridgehead atoms.